The highest BCUT2D eigenvalue weighted by Crippen LogP contribution is 2.42. The van der Waals surface area contributed by atoms with Crippen LogP contribution in [0.4, 0.5) is 9.18 Å². The molecule has 1 saturated heterocycles. The van der Waals surface area contributed by atoms with Gasteiger partial charge in [0.05, 0.1) is 0 Å². The number of carbonyl (C=O) groups excluding carboxylic acids is 2. The number of hydrogen-bond acceptors (Lipinski definition) is 4. The molecule has 0 aliphatic carbocycles. The van der Waals surface area contributed by atoms with E-state index >= 15 is 0 Å². The lowest BCUT2D eigenvalue weighted by atomic mass is 10.1. The second kappa shape index (κ2) is 9.27. The average molecular weight is 451 g/mol. The summed E-state index contributed by atoms with van der Waals surface area (Å²) in [5.74, 6) is -0.185. The molecule has 2 aromatic carbocycles. The summed E-state index contributed by atoms with van der Waals surface area (Å²) >= 11 is 7.49. The quantitative estimate of drug-likeness (QED) is 0.700. The topological polar surface area (TPSA) is 58.6 Å². The van der Waals surface area contributed by atoms with Gasteiger partial charge in [0.1, 0.15) is 22.8 Å². The van der Waals surface area contributed by atoms with Gasteiger partial charge in [-0.2, -0.15) is 0 Å². The van der Waals surface area contributed by atoms with Crippen molar-refractivity contribution < 1.29 is 18.7 Å². The van der Waals surface area contributed by atoms with Crippen molar-refractivity contribution >= 4 is 35.4 Å². The molecule has 1 aliphatic heterocycles. The van der Waals surface area contributed by atoms with Crippen LogP contribution in [0.3, 0.4) is 0 Å². The number of halogens is 2. The third kappa shape index (κ3) is 5.67. The van der Waals surface area contributed by atoms with E-state index in [2.05, 4.69) is 5.32 Å². The van der Waals surface area contributed by atoms with E-state index in [1.807, 2.05) is 12.1 Å². The molecular weight excluding hydrogens is 427 g/mol. The van der Waals surface area contributed by atoms with Crippen molar-refractivity contribution in [3.63, 3.8) is 0 Å². The van der Waals surface area contributed by atoms with Gasteiger partial charge >= 0.3 is 6.09 Å². The van der Waals surface area contributed by atoms with Gasteiger partial charge in [0.2, 0.25) is 5.91 Å². The predicted octanol–water partition coefficient (Wildman–Crippen LogP) is 5.15. The molecule has 0 aromatic heterocycles. The maximum atomic E-state index is 13.1. The number of amides is 2. The lowest BCUT2D eigenvalue weighted by Gasteiger charge is -2.31. The van der Waals surface area contributed by atoms with E-state index in [1.165, 1.54) is 28.8 Å². The number of hydrogen-bond donors (Lipinski definition) is 1. The highest BCUT2D eigenvalue weighted by Gasteiger charge is 2.44. The smallest absolute Gasteiger partial charge is 0.412 e. The first-order valence-electron chi connectivity index (χ1n) is 9.54. The van der Waals surface area contributed by atoms with Crippen LogP contribution in [0.15, 0.2) is 48.5 Å². The highest BCUT2D eigenvalue weighted by atomic mass is 35.5. The lowest BCUT2D eigenvalue weighted by Crippen LogP contribution is -2.49. The van der Waals surface area contributed by atoms with Gasteiger partial charge in [-0.15, -0.1) is 11.8 Å². The van der Waals surface area contributed by atoms with Gasteiger partial charge in [-0.1, -0.05) is 35.9 Å². The van der Waals surface area contributed by atoms with Crippen molar-refractivity contribution in [3.05, 3.63) is 70.5 Å². The zero-order chi connectivity index (χ0) is 21.9. The number of rotatable bonds is 4. The van der Waals surface area contributed by atoms with Gasteiger partial charge in [0, 0.05) is 17.3 Å². The zero-order valence-corrected chi connectivity index (χ0v) is 18.6. The van der Waals surface area contributed by atoms with E-state index in [0.29, 0.717) is 10.8 Å². The predicted molar refractivity (Wildman–Crippen MR) is 117 cm³/mol. The first-order chi connectivity index (χ1) is 14.1. The van der Waals surface area contributed by atoms with E-state index in [-0.39, 0.29) is 23.6 Å². The summed E-state index contributed by atoms with van der Waals surface area (Å²) in [6, 6.07) is 12.4. The molecule has 5 nitrogen and oxygen atoms in total. The SMILES string of the molecule is CC(C)(C)OC(=O)N1[C@@H](c2ccc(Cl)cc2)SC[C@H]1C(=O)NCc1ccc(F)cc1. The Balaban J connectivity index is 1.78. The minimum absolute atomic E-state index is 0.244. The van der Waals surface area contributed by atoms with Crippen LogP contribution in [0, 0.1) is 5.82 Å². The van der Waals surface area contributed by atoms with Crippen molar-refractivity contribution in [2.24, 2.45) is 0 Å². The number of thioether (sulfide) groups is 1. The van der Waals surface area contributed by atoms with Crippen LogP contribution in [0.25, 0.3) is 0 Å². The van der Waals surface area contributed by atoms with Gasteiger partial charge in [-0.25, -0.2) is 9.18 Å². The number of nitrogens with one attached hydrogen (secondary N) is 1. The minimum Gasteiger partial charge on any atom is -0.444 e. The van der Waals surface area contributed by atoms with E-state index in [4.69, 9.17) is 16.3 Å². The third-order valence-corrected chi connectivity index (χ3v) is 6.02. The van der Waals surface area contributed by atoms with Crippen LogP contribution in [0.5, 0.6) is 0 Å². The molecule has 0 unspecified atom stereocenters. The van der Waals surface area contributed by atoms with Gasteiger partial charge in [-0.05, 0) is 56.2 Å². The molecule has 2 atom stereocenters. The molecule has 0 radical (unpaired) electrons. The van der Waals surface area contributed by atoms with Crippen LogP contribution in [0.1, 0.15) is 37.3 Å². The molecule has 3 rings (SSSR count). The van der Waals surface area contributed by atoms with Crippen molar-refractivity contribution in [1.82, 2.24) is 10.2 Å². The Hall–Kier alpha value is -2.25. The Bertz CT molecular complexity index is 900. The molecular formula is C22H24ClFN2O3S. The Labute approximate surface area is 184 Å². The molecule has 30 heavy (non-hydrogen) atoms. The standard InChI is InChI=1S/C22H24ClFN2O3S/c1-22(2,3)29-21(28)26-18(13-30-20(26)15-6-8-16(23)9-7-15)19(27)25-12-14-4-10-17(24)11-5-14/h4-11,18,20H,12-13H2,1-3H3,(H,25,27)/t18-,20+/m0/s1. The summed E-state index contributed by atoms with van der Waals surface area (Å²) in [6.45, 7) is 5.60. The minimum atomic E-state index is -0.690. The Morgan fingerprint density at radius 2 is 1.80 bits per heavy atom. The maximum absolute atomic E-state index is 13.1. The fourth-order valence-electron chi connectivity index (χ4n) is 3.04. The molecule has 1 heterocycles. The summed E-state index contributed by atoms with van der Waals surface area (Å²) in [4.78, 5) is 27.4. The second-order valence-corrected chi connectivity index (χ2v) is 9.53. The van der Waals surface area contributed by atoms with E-state index in [9.17, 15) is 14.0 Å². The molecule has 1 N–H and O–H groups in total. The molecule has 1 fully saturated rings. The van der Waals surface area contributed by atoms with E-state index in [1.54, 1.807) is 45.0 Å². The molecule has 0 bridgehead atoms. The Morgan fingerprint density at radius 1 is 1.17 bits per heavy atom. The van der Waals surface area contributed by atoms with Crippen molar-refractivity contribution in [2.45, 2.75) is 44.3 Å². The van der Waals surface area contributed by atoms with Crippen LogP contribution >= 0.6 is 23.4 Å². The number of ether oxygens (including phenoxy) is 1. The van der Waals surface area contributed by atoms with E-state index in [0.717, 1.165) is 11.1 Å². The van der Waals surface area contributed by atoms with Crippen LogP contribution in [-0.4, -0.2) is 34.3 Å². The van der Waals surface area contributed by atoms with Crippen molar-refractivity contribution in [3.8, 4) is 0 Å². The molecule has 160 valence electrons. The number of carbonyl (C=O) groups is 2. The summed E-state index contributed by atoms with van der Waals surface area (Å²) in [6.07, 6.45) is -0.547. The zero-order valence-electron chi connectivity index (χ0n) is 17.0. The average Bonchev–Trinajstić information content (AvgIpc) is 3.12. The summed E-state index contributed by atoms with van der Waals surface area (Å²) in [7, 11) is 0. The molecule has 0 spiro atoms. The molecule has 0 saturated carbocycles. The van der Waals surface area contributed by atoms with Gasteiger partial charge < -0.3 is 10.1 Å². The molecule has 1 aliphatic rings. The van der Waals surface area contributed by atoms with Crippen molar-refractivity contribution in [2.75, 3.05) is 5.75 Å². The van der Waals surface area contributed by atoms with E-state index < -0.39 is 17.7 Å². The largest absolute Gasteiger partial charge is 0.444 e. The first-order valence-corrected chi connectivity index (χ1v) is 11.0. The van der Waals surface area contributed by atoms with Gasteiger partial charge in [0.15, 0.2) is 0 Å². The fraction of sp³-hybridized carbons (Fsp3) is 0.364. The maximum Gasteiger partial charge on any atom is 0.412 e. The summed E-state index contributed by atoms with van der Waals surface area (Å²) < 4.78 is 18.7. The van der Waals surface area contributed by atoms with Gasteiger partial charge in [-0.3, -0.25) is 9.69 Å². The highest BCUT2D eigenvalue weighted by molar-refractivity contribution is 7.99. The number of benzene rings is 2. The number of nitrogens with zero attached hydrogens (tertiary/aromatic N) is 1. The van der Waals surface area contributed by atoms with Gasteiger partial charge in [0.25, 0.3) is 0 Å². The van der Waals surface area contributed by atoms with Crippen LogP contribution in [-0.2, 0) is 16.1 Å². The fourth-order valence-corrected chi connectivity index (χ4v) is 4.59. The van der Waals surface area contributed by atoms with Crippen LogP contribution in [0.2, 0.25) is 5.02 Å². The first kappa shape index (κ1) is 22.4. The Kier molecular flexibility index (Phi) is 6.93. The monoisotopic (exact) mass is 450 g/mol. The lowest BCUT2D eigenvalue weighted by molar-refractivity contribution is -0.125. The summed E-state index contributed by atoms with van der Waals surface area (Å²) in [5, 5.41) is 3.08. The normalized spacial score (nSPS) is 18.9. The van der Waals surface area contributed by atoms with Crippen LogP contribution < -0.4 is 5.32 Å². The Morgan fingerprint density at radius 3 is 2.40 bits per heavy atom. The third-order valence-electron chi connectivity index (χ3n) is 4.44. The molecule has 2 amide bonds. The summed E-state index contributed by atoms with van der Waals surface area (Å²) in [5.41, 5.74) is 0.946. The molecule has 2 aromatic rings. The molecule has 8 heteroatoms. The van der Waals surface area contributed by atoms with Crippen molar-refractivity contribution in [1.29, 1.82) is 0 Å². The second-order valence-electron chi connectivity index (χ2n) is 7.98.